The Morgan fingerprint density at radius 3 is 2.59 bits per heavy atom. The molecule has 6 nitrogen and oxygen atoms in total. The van der Waals surface area contributed by atoms with Crippen LogP contribution in [0.3, 0.4) is 0 Å². The number of methoxy groups -OCH3 is 1. The molecule has 2 rings (SSSR count). The van der Waals surface area contributed by atoms with Gasteiger partial charge in [-0.1, -0.05) is 30.3 Å². The second kappa shape index (κ2) is 7.38. The third-order valence-electron chi connectivity index (χ3n) is 3.82. The van der Waals surface area contributed by atoms with E-state index in [4.69, 9.17) is 9.47 Å². The van der Waals surface area contributed by atoms with E-state index in [1.807, 2.05) is 18.2 Å². The summed E-state index contributed by atoms with van der Waals surface area (Å²) in [6.07, 6.45) is -0.752. The zero-order valence-corrected chi connectivity index (χ0v) is 12.8. The van der Waals surface area contributed by atoms with Gasteiger partial charge in [0.15, 0.2) is 6.10 Å². The Morgan fingerprint density at radius 2 is 2.05 bits per heavy atom. The Labute approximate surface area is 129 Å². The van der Waals surface area contributed by atoms with E-state index in [9.17, 15) is 14.7 Å². The Balaban J connectivity index is 2.24. The smallest absolute Gasteiger partial charge is 0.326 e. The maximum atomic E-state index is 12.8. The summed E-state index contributed by atoms with van der Waals surface area (Å²) in [5.41, 5.74) is 0.722. The van der Waals surface area contributed by atoms with Crippen molar-refractivity contribution in [2.45, 2.75) is 31.6 Å². The van der Waals surface area contributed by atoms with Crippen molar-refractivity contribution in [1.82, 2.24) is 4.90 Å². The molecule has 3 unspecified atom stereocenters. The van der Waals surface area contributed by atoms with Gasteiger partial charge in [-0.15, -0.1) is 0 Å². The van der Waals surface area contributed by atoms with Crippen LogP contribution in [-0.4, -0.2) is 54.3 Å². The number of hydrogen-bond acceptors (Lipinski definition) is 4. The van der Waals surface area contributed by atoms with Gasteiger partial charge in [0.05, 0.1) is 6.10 Å². The molecule has 3 atom stereocenters. The van der Waals surface area contributed by atoms with Gasteiger partial charge in [0.25, 0.3) is 5.91 Å². The fourth-order valence-corrected chi connectivity index (χ4v) is 2.70. The van der Waals surface area contributed by atoms with Crippen LogP contribution in [0.15, 0.2) is 30.3 Å². The molecule has 1 aromatic carbocycles. The number of benzene rings is 1. The van der Waals surface area contributed by atoms with E-state index in [1.165, 1.54) is 12.0 Å². The summed E-state index contributed by atoms with van der Waals surface area (Å²) < 4.78 is 10.8. The number of amides is 1. The molecule has 0 spiro atoms. The number of likely N-dealkylation sites (tertiary alicyclic amines) is 1. The van der Waals surface area contributed by atoms with Gasteiger partial charge < -0.3 is 19.5 Å². The predicted octanol–water partition coefficient (Wildman–Crippen LogP) is 1.46. The number of ether oxygens (including phenoxy) is 2. The fourth-order valence-electron chi connectivity index (χ4n) is 2.70. The minimum Gasteiger partial charge on any atom is -0.480 e. The van der Waals surface area contributed by atoms with Crippen LogP contribution in [0.25, 0.3) is 0 Å². The van der Waals surface area contributed by atoms with Gasteiger partial charge in [-0.05, 0) is 12.5 Å². The molecule has 1 fully saturated rings. The number of carbonyl (C=O) groups excluding carboxylic acids is 1. The molecule has 1 heterocycles. The van der Waals surface area contributed by atoms with Gasteiger partial charge in [-0.3, -0.25) is 4.79 Å². The zero-order chi connectivity index (χ0) is 16.1. The molecule has 0 aromatic heterocycles. The molecule has 1 saturated heterocycles. The second-order valence-corrected chi connectivity index (χ2v) is 5.18. The van der Waals surface area contributed by atoms with Crippen LogP contribution >= 0.6 is 0 Å². The molecule has 1 aromatic rings. The number of hydrogen-bond donors (Lipinski definition) is 1. The highest BCUT2D eigenvalue weighted by atomic mass is 16.5. The molecule has 1 aliphatic heterocycles. The van der Waals surface area contributed by atoms with Crippen LogP contribution < -0.4 is 0 Å². The molecule has 0 radical (unpaired) electrons. The highest BCUT2D eigenvalue weighted by molar-refractivity contribution is 5.88. The molecular formula is C16H21NO5. The second-order valence-electron chi connectivity index (χ2n) is 5.18. The quantitative estimate of drug-likeness (QED) is 0.861. The minimum atomic E-state index is -1.02. The lowest BCUT2D eigenvalue weighted by Gasteiger charge is -2.26. The van der Waals surface area contributed by atoms with Crippen LogP contribution in [0.5, 0.6) is 0 Å². The van der Waals surface area contributed by atoms with E-state index in [2.05, 4.69) is 0 Å². The van der Waals surface area contributed by atoms with E-state index in [-0.39, 0.29) is 18.6 Å². The fraction of sp³-hybridized carbons (Fsp3) is 0.500. The monoisotopic (exact) mass is 307 g/mol. The molecule has 0 bridgehead atoms. The summed E-state index contributed by atoms with van der Waals surface area (Å²) in [6.45, 7) is 2.44. The third kappa shape index (κ3) is 3.45. The molecule has 1 amide bonds. The van der Waals surface area contributed by atoms with Crippen molar-refractivity contribution in [3.8, 4) is 0 Å². The summed E-state index contributed by atoms with van der Waals surface area (Å²) in [6, 6.07) is 8.24. The van der Waals surface area contributed by atoms with Gasteiger partial charge >= 0.3 is 5.97 Å². The van der Waals surface area contributed by atoms with Gasteiger partial charge in [-0.2, -0.15) is 0 Å². The lowest BCUT2D eigenvalue weighted by atomic mass is 10.1. The van der Waals surface area contributed by atoms with Gasteiger partial charge in [0.2, 0.25) is 0 Å². The Kier molecular flexibility index (Phi) is 5.51. The van der Waals surface area contributed by atoms with Crippen molar-refractivity contribution in [1.29, 1.82) is 0 Å². The Hall–Kier alpha value is -1.92. The summed E-state index contributed by atoms with van der Waals surface area (Å²) in [7, 11) is 1.52. The maximum Gasteiger partial charge on any atom is 0.326 e. The van der Waals surface area contributed by atoms with Crippen LogP contribution in [0.2, 0.25) is 0 Å². The van der Waals surface area contributed by atoms with Gasteiger partial charge in [0, 0.05) is 26.7 Å². The first-order chi connectivity index (χ1) is 10.6. The highest BCUT2D eigenvalue weighted by Crippen LogP contribution is 2.27. The van der Waals surface area contributed by atoms with Crippen molar-refractivity contribution in [2.24, 2.45) is 0 Å². The number of carbonyl (C=O) groups is 2. The average Bonchev–Trinajstić information content (AvgIpc) is 2.97. The predicted molar refractivity (Wildman–Crippen MR) is 79.4 cm³/mol. The molecule has 0 saturated carbocycles. The highest BCUT2D eigenvalue weighted by Gasteiger charge is 2.42. The minimum absolute atomic E-state index is 0.261. The molecule has 120 valence electrons. The lowest BCUT2D eigenvalue weighted by Crippen LogP contribution is -2.43. The zero-order valence-electron chi connectivity index (χ0n) is 12.8. The first-order valence-electron chi connectivity index (χ1n) is 7.31. The van der Waals surface area contributed by atoms with Crippen molar-refractivity contribution < 1.29 is 24.2 Å². The Morgan fingerprint density at radius 1 is 1.36 bits per heavy atom. The van der Waals surface area contributed by atoms with E-state index in [0.717, 1.165) is 5.56 Å². The van der Waals surface area contributed by atoms with E-state index < -0.39 is 18.1 Å². The number of aliphatic carboxylic acids is 1. The molecule has 22 heavy (non-hydrogen) atoms. The maximum absolute atomic E-state index is 12.8. The van der Waals surface area contributed by atoms with Crippen LogP contribution in [0.1, 0.15) is 25.0 Å². The van der Waals surface area contributed by atoms with Gasteiger partial charge in [-0.25, -0.2) is 4.79 Å². The van der Waals surface area contributed by atoms with Crippen LogP contribution in [0, 0.1) is 0 Å². The van der Waals surface area contributed by atoms with E-state index in [0.29, 0.717) is 13.0 Å². The van der Waals surface area contributed by atoms with Gasteiger partial charge in [0.1, 0.15) is 6.04 Å². The topological polar surface area (TPSA) is 76.1 Å². The third-order valence-corrected chi connectivity index (χ3v) is 3.82. The summed E-state index contributed by atoms with van der Waals surface area (Å²) in [4.78, 5) is 25.5. The molecular weight excluding hydrogens is 286 g/mol. The standard InChI is InChI=1S/C16H21NO5/c1-3-22-14(11-7-5-4-6-8-11)15(18)17-10-12(21-2)9-13(17)16(19)20/h4-8,12-14H,3,9-10H2,1-2H3,(H,19,20). The van der Waals surface area contributed by atoms with Crippen LogP contribution in [-0.2, 0) is 19.1 Å². The van der Waals surface area contributed by atoms with Crippen molar-refractivity contribution >= 4 is 11.9 Å². The number of carboxylic acids is 1. The summed E-state index contributed by atoms with van der Waals surface area (Å²) >= 11 is 0. The van der Waals surface area contributed by atoms with E-state index >= 15 is 0 Å². The Bertz CT molecular complexity index is 519. The first-order valence-corrected chi connectivity index (χ1v) is 7.31. The van der Waals surface area contributed by atoms with Crippen LogP contribution in [0.4, 0.5) is 0 Å². The molecule has 6 heteroatoms. The van der Waals surface area contributed by atoms with Crippen molar-refractivity contribution in [2.75, 3.05) is 20.3 Å². The lowest BCUT2D eigenvalue weighted by molar-refractivity contribution is -0.154. The SMILES string of the molecule is CCOC(C(=O)N1CC(OC)CC1C(=O)O)c1ccccc1. The molecule has 0 aliphatic carbocycles. The number of carboxylic acid groups (broad SMARTS) is 1. The number of nitrogens with zero attached hydrogens (tertiary/aromatic N) is 1. The largest absolute Gasteiger partial charge is 0.480 e. The molecule has 1 N–H and O–H groups in total. The first kappa shape index (κ1) is 16.5. The molecule has 1 aliphatic rings. The number of rotatable bonds is 6. The average molecular weight is 307 g/mol. The van der Waals surface area contributed by atoms with Crippen molar-refractivity contribution in [3.05, 3.63) is 35.9 Å². The normalized spacial score (nSPS) is 22.5. The van der Waals surface area contributed by atoms with E-state index in [1.54, 1.807) is 19.1 Å². The van der Waals surface area contributed by atoms with Crippen molar-refractivity contribution in [3.63, 3.8) is 0 Å². The summed E-state index contributed by atoms with van der Waals surface area (Å²) in [5, 5.41) is 9.34. The summed E-state index contributed by atoms with van der Waals surface area (Å²) in [5.74, 6) is -1.35.